The average Bonchev–Trinajstić information content (AvgIpc) is 3.33. The first kappa shape index (κ1) is 20.1. The molecule has 0 bridgehead atoms. The molecule has 1 aliphatic carbocycles. The summed E-state index contributed by atoms with van der Waals surface area (Å²) in [5.74, 6) is 1.15. The van der Waals surface area contributed by atoms with E-state index in [0.717, 1.165) is 22.7 Å². The molecule has 0 fully saturated rings. The van der Waals surface area contributed by atoms with E-state index in [1.165, 1.54) is 95.9 Å². The molecule has 150 valence electrons. The van der Waals surface area contributed by atoms with Crippen molar-refractivity contribution in [1.29, 1.82) is 0 Å². The minimum Gasteiger partial charge on any atom is -0.242 e. The summed E-state index contributed by atoms with van der Waals surface area (Å²) in [5, 5.41) is 2.49. The first-order valence-corrected chi connectivity index (χ1v) is 12.8. The maximum absolute atomic E-state index is 5.13. The lowest BCUT2D eigenvalue weighted by Gasteiger charge is -2.08. The van der Waals surface area contributed by atoms with E-state index in [2.05, 4.69) is 18.8 Å². The summed E-state index contributed by atoms with van der Waals surface area (Å²) in [4.78, 5) is 15.7. The SMILES string of the molecule is CCCCCCCSc1ncnc2c1sc1nc(CCCC)c3c(c12)CCC3. The molecule has 0 atom stereocenters. The molecule has 0 radical (unpaired) electrons. The topological polar surface area (TPSA) is 38.7 Å². The Morgan fingerprint density at radius 3 is 2.64 bits per heavy atom. The van der Waals surface area contributed by atoms with E-state index in [1.54, 1.807) is 6.33 Å². The zero-order chi connectivity index (χ0) is 19.3. The number of fused-ring (bicyclic) bond motifs is 5. The van der Waals surface area contributed by atoms with Gasteiger partial charge in [-0.3, -0.25) is 0 Å². The molecule has 0 aliphatic heterocycles. The molecule has 1 aliphatic rings. The lowest BCUT2D eigenvalue weighted by atomic mass is 10.0. The standard InChI is InChI=1S/C23H31N3S2/c1-3-5-7-8-9-14-27-23-21-20(24-15-25-23)19-17-12-10-11-16(17)18(13-6-4-2)26-22(19)28-21/h15H,3-14H2,1-2H3. The average molecular weight is 414 g/mol. The van der Waals surface area contributed by atoms with Gasteiger partial charge >= 0.3 is 0 Å². The van der Waals surface area contributed by atoms with E-state index < -0.39 is 0 Å². The van der Waals surface area contributed by atoms with E-state index in [9.17, 15) is 0 Å². The molecule has 0 amide bonds. The van der Waals surface area contributed by atoms with Gasteiger partial charge in [-0.25, -0.2) is 15.0 Å². The molecule has 3 heterocycles. The zero-order valence-corrected chi connectivity index (χ0v) is 18.9. The number of unbranched alkanes of at least 4 members (excludes halogenated alkanes) is 5. The first-order chi connectivity index (χ1) is 13.8. The highest BCUT2D eigenvalue weighted by Gasteiger charge is 2.24. The molecule has 0 unspecified atom stereocenters. The van der Waals surface area contributed by atoms with Crippen molar-refractivity contribution < 1.29 is 0 Å². The van der Waals surface area contributed by atoms with E-state index in [-0.39, 0.29) is 0 Å². The summed E-state index contributed by atoms with van der Waals surface area (Å²) < 4.78 is 1.25. The van der Waals surface area contributed by atoms with Crippen LogP contribution in [-0.2, 0) is 19.3 Å². The van der Waals surface area contributed by atoms with Gasteiger partial charge in [0, 0.05) is 11.1 Å². The van der Waals surface area contributed by atoms with Crippen LogP contribution in [0.5, 0.6) is 0 Å². The summed E-state index contributed by atoms with van der Waals surface area (Å²) in [6.45, 7) is 4.53. The Balaban J connectivity index is 1.64. The molecule has 0 N–H and O–H groups in total. The fraction of sp³-hybridized carbons (Fsp3) is 0.609. The van der Waals surface area contributed by atoms with Crippen LogP contribution in [0.25, 0.3) is 20.4 Å². The summed E-state index contributed by atoms with van der Waals surface area (Å²) in [6.07, 6.45) is 15.6. The second-order valence-electron chi connectivity index (χ2n) is 7.87. The van der Waals surface area contributed by atoms with Gasteiger partial charge < -0.3 is 0 Å². The number of thioether (sulfide) groups is 1. The van der Waals surface area contributed by atoms with Crippen LogP contribution in [0.15, 0.2) is 11.4 Å². The molecular weight excluding hydrogens is 382 g/mol. The van der Waals surface area contributed by atoms with Crippen LogP contribution in [-0.4, -0.2) is 20.7 Å². The number of aromatic nitrogens is 3. The molecule has 0 saturated carbocycles. The van der Waals surface area contributed by atoms with Gasteiger partial charge in [0.2, 0.25) is 0 Å². The van der Waals surface area contributed by atoms with Crippen LogP contribution >= 0.6 is 23.1 Å². The number of hydrogen-bond acceptors (Lipinski definition) is 5. The fourth-order valence-corrected chi connectivity index (χ4v) is 6.54. The fourth-order valence-electron chi connectivity index (χ4n) is 4.28. The van der Waals surface area contributed by atoms with Crippen molar-refractivity contribution in [3.63, 3.8) is 0 Å². The van der Waals surface area contributed by atoms with Crippen LogP contribution in [0.3, 0.4) is 0 Å². The highest BCUT2D eigenvalue weighted by molar-refractivity contribution is 7.99. The second kappa shape index (κ2) is 9.53. The third-order valence-electron chi connectivity index (χ3n) is 5.78. The van der Waals surface area contributed by atoms with E-state index in [1.807, 2.05) is 23.1 Å². The largest absolute Gasteiger partial charge is 0.242 e. The maximum atomic E-state index is 5.13. The highest BCUT2D eigenvalue weighted by Crippen LogP contribution is 2.42. The molecule has 0 spiro atoms. The summed E-state index contributed by atoms with van der Waals surface area (Å²) in [7, 11) is 0. The van der Waals surface area contributed by atoms with E-state index >= 15 is 0 Å². The van der Waals surface area contributed by atoms with Crippen molar-refractivity contribution >= 4 is 43.5 Å². The van der Waals surface area contributed by atoms with Gasteiger partial charge in [0.25, 0.3) is 0 Å². The van der Waals surface area contributed by atoms with Gasteiger partial charge in [-0.15, -0.1) is 23.1 Å². The van der Waals surface area contributed by atoms with E-state index in [4.69, 9.17) is 9.97 Å². The van der Waals surface area contributed by atoms with Gasteiger partial charge in [0.1, 0.15) is 16.2 Å². The Labute approximate surface area is 176 Å². The molecule has 3 aromatic rings. The number of hydrogen-bond donors (Lipinski definition) is 0. The molecule has 0 saturated heterocycles. The van der Waals surface area contributed by atoms with Crippen molar-refractivity contribution in [3.05, 3.63) is 23.1 Å². The zero-order valence-electron chi connectivity index (χ0n) is 17.2. The molecule has 28 heavy (non-hydrogen) atoms. The first-order valence-electron chi connectivity index (χ1n) is 11.0. The molecule has 0 aromatic carbocycles. The minimum absolute atomic E-state index is 1.12. The lowest BCUT2D eigenvalue weighted by molar-refractivity contribution is 0.659. The Morgan fingerprint density at radius 1 is 0.964 bits per heavy atom. The van der Waals surface area contributed by atoms with Crippen molar-refractivity contribution in [2.24, 2.45) is 0 Å². The van der Waals surface area contributed by atoms with Gasteiger partial charge in [-0.1, -0.05) is 46.0 Å². The van der Waals surface area contributed by atoms with Gasteiger partial charge in [-0.2, -0.15) is 0 Å². The van der Waals surface area contributed by atoms with Crippen LogP contribution in [0.2, 0.25) is 0 Å². The number of rotatable bonds is 10. The van der Waals surface area contributed by atoms with Crippen molar-refractivity contribution in [3.8, 4) is 0 Å². The lowest BCUT2D eigenvalue weighted by Crippen LogP contribution is -1.98. The number of pyridine rings is 1. The molecule has 5 heteroatoms. The number of thiophene rings is 1. The second-order valence-corrected chi connectivity index (χ2v) is 9.96. The maximum Gasteiger partial charge on any atom is 0.126 e. The van der Waals surface area contributed by atoms with Crippen LogP contribution < -0.4 is 0 Å². The number of aryl methyl sites for hydroxylation is 2. The number of nitrogens with zero attached hydrogens (tertiary/aromatic N) is 3. The Kier molecular flexibility index (Phi) is 6.84. The third-order valence-corrected chi connectivity index (χ3v) is 8.06. The van der Waals surface area contributed by atoms with Crippen molar-refractivity contribution in [2.45, 2.75) is 89.5 Å². The highest BCUT2D eigenvalue weighted by atomic mass is 32.2. The minimum atomic E-state index is 1.12. The predicted octanol–water partition coefficient (Wildman–Crippen LogP) is 7.13. The predicted molar refractivity (Wildman–Crippen MR) is 123 cm³/mol. The molecule has 4 rings (SSSR count). The smallest absolute Gasteiger partial charge is 0.126 e. The van der Waals surface area contributed by atoms with Crippen molar-refractivity contribution in [1.82, 2.24) is 15.0 Å². The van der Waals surface area contributed by atoms with Crippen LogP contribution in [0.1, 0.15) is 82.0 Å². The van der Waals surface area contributed by atoms with Gasteiger partial charge in [0.05, 0.1) is 10.2 Å². The molecule has 3 aromatic heterocycles. The van der Waals surface area contributed by atoms with Crippen LogP contribution in [0.4, 0.5) is 0 Å². The summed E-state index contributed by atoms with van der Waals surface area (Å²) in [6, 6.07) is 0. The Bertz CT molecular complexity index is 948. The summed E-state index contributed by atoms with van der Waals surface area (Å²) >= 11 is 3.72. The van der Waals surface area contributed by atoms with Gasteiger partial charge in [0.15, 0.2) is 0 Å². The monoisotopic (exact) mass is 413 g/mol. The van der Waals surface area contributed by atoms with Crippen molar-refractivity contribution in [2.75, 3.05) is 5.75 Å². The van der Waals surface area contributed by atoms with Crippen LogP contribution in [0, 0.1) is 0 Å². The molecular formula is C23H31N3S2. The Morgan fingerprint density at radius 2 is 1.79 bits per heavy atom. The quantitative estimate of drug-likeness (QED) is 0.201. The third kappa shape index (κ3) is 4.06. The van der Waals surface area contributed by atoms with E-state index in [0.29, 0.717) is 0 Å². The van der Waals surface area contributed by atoms with Gasteiger partial charge in [-0.05, 0) is 55.4 Å². The summed E-state index contributed by atoms with van der Waals surface area (Å²) in [5.41, 5.74) is 5.57. The normalized spacial score (nSPS) is 13.6. The Hall–Kier alpha value is -1.20. The molecule has 3 nitrogen and oxygen atoms in total.